The van der Waals surface area contributed by atoms with Gasteiger partial charge < -0.3 is 14.5 Å². The fourth-order valence-corrected chi connectivity index (χ4v) is 5.10. The Morgan fingerprint density at radius 3 is 2.14 bits per heavy atom. The number of ether oxygens (including phenoxy) is 2. The molecule has 4 rings (SSSR count). The fraction of sp³-hybridized carbons (Fsp3) is 0.462. The predicted molar refractivity (Wildman–Crippen MR) is 137 cm³/mol. The first-order valence-electron chi connectivity index (χ1n) is 12.5. The first-order valence-corrected chi connectivity index (χ1v) is 13.9. The van der Waals surface area contributed by atoms with Crippen LogP contribution in [0.15, 0.2) is 42.6 Å². The van der Waals surface area contributed by atoms with Crippen molar-refractivity contribution in [1.82, 2.24) is 9.88 Å². The lowest BCUT2D eigenvalue weighted by atomic mass is 9.88. The molecule has 7 nitrogen and oxygen atoms in total. The number of methoxy groups -OCH3 is 2. The van der Waals surface area contributed by atoms with Gasteiger partial charge in [0.15, 0.2) is 18.1 Å². The number of aryl methyl sites for hydroxylation is 1. The van der Waals surface area contributed by atoms with Crippen LogP contribution in [0.2, 0.25) is 0 Å². The molecule has 1 N–H and O–H groups in total. The van der Waals surface area contributed by atoms with Crippen LogP contribution in [0, 0.1) is 0 Å². The predicted octanol–water partition coefficient (Wildman–Crippen LogP) is 6.69. The van der Waals surface area contributed by atoms with E-state index >= 15 is 0 Å². The average molecular weight is 651 g/mol. The number of alkyl halides is 9. The highest BCUT2D eigenvalue weighted by Crippen LogP contribution is 2.41. The second-order valence-electron chi connectivity index (χ2n) is 9.43. The molecule has 2 heterocycles. The maximum atomic E-state index is 13.3. The van der Waals surface area contributed by atoms with E-state index in [1.807, 2.05) is 42.6 Å². The van der Waals surface area contributed by atoms with Crippen molar-refractivity contribution in [2.75, 3.05) is 33.9 Å². The van der Waals surface area contributed by atoms with E-state index in [1.165, 1.54) is 0 Å². The van der Waals surface area contributed by atoms with Gasteiger partial charge in [0.25, 0.3) is 0 Å². The molecular weight excluding hydrogens is 623 g/mol. The highest BCUT2D eigenvalue weighted by molar-refractivity contribution is 7.87. The van der Waals surface area contributed by atoms with Crippen LogP contribution in [0.1, 0.15) is 29.2 Å². The topological polar surface area (TPSA) is 80.9 Å². The highest BCUT2D eigenvalue weighted by Gasteiger charge is 2.49. The van der Waals surface area contributed by atoms with Crippen molar-refractivity contribution in [3.05, 3.63) is 59.3 Å². The first kappa shape index (κ1) is 34.3. The Hall–Kier alpha value is -3.18. The summed E-state index contributed by atoms with van der Waals surface area (Å²) in [6, 6.07) is 11.4. The summed E-state index contributed by atoms with van der Waals surface area (Å²) in [6.07, 6.45) is -5.60. The Morgan fingerprint density at radius 2 is 1.56 bits per heavy atom. The van der Waals surface area contributed by atoms with Crippen molar-refractivity contribution >= 4 is 21.0 Å². The minimum atomic E-state index is -6.15. The van der Waals surface area contributed by atoms with Crippen LogP contribution in [0.25, 0.3) is 10.9 Å². The smallest absolute Gasteiger partial charge is 0.493 e. The lowest BCUT2D eigenvalue weighted by Crippen LogP contribution is -2.41. The van der Waals surface area contributed by atoms with Crippen LogP contribution in [0.3, 0.4) is 0 Å². The number of nitrogens with zero attached hydrogens (tertiary/aromatic N) is 1. The second kappa shape index (κ2) is 13.2. The second-order valence-corrected chi connectivity index (χ2v) is 11.0. The summed E-state index contributed by atoms with van der Waals surface area (Å²) in [5.74, 6) is 1.15. The third kappa shape index (κ3) is 9.15. The van der Waals surface area contributed by atoms with Crippen molar-refractivity contribution < 1.29 is 61.6 Å². The van der Waals surface area contributed by atoms with Crippen LogP contribution in [-0.2, 0) is 27.1 Å². The number of rotatable bonds is 8. The van der Waals surface area contributed by atoms with Gasteiger partial charge in [-0.15, -0.1) is 0 Å². The van der Waals surface area contributed by atoms with Crippen molar-refractivity contribution in [3.8, 4) is 11.5 Å². The summed E-state index contributed by atoms with van der Waals surface area (Å²) in [5.41, 5.74) is -1.77. The van der Waals surface area contributed by atoms with Gasteiger partial charge in [-0.3, -0.25) is 9.08 Å². The van der Waals surface area contributed by atoms with Gasteiger partial charge in [0.2, 0.25) is 0 Å². The maximum Gasteiger partial charge on any atom is 0.523 e. The van der Waals surface area contributed by atoms with Gasteiger partial charge in [0.05, 0.1) is 20.8 Å². The van der Waals surface area contributed by atoms with Crippen molar-refractivity contribution in [2.45, 2.75) is 43.2 Å². The molecule has 3 aromatic rings. The van der Waals surface area contributed by atoms with Crippen LogP contribution in [-0.4, -0.2) is 70.1 Å². The summed E-state index contributed by atoms with van der Waals surface area (Å²) in [6.45, 7) is -3.05. The van der Waals surface area contributed by atoms with Crippen molar-refractivity contribution in [2.24, 2.45) is 0 Å². The molecule has 0 bridgehead atoms. The first-order chi connectivity index (χ1) is 19.8. The van der Waals surface area contributed by atoms with E-state index in [0.717, 1.165) is 27.6 Å². The van der Waals surface area contributed by atoms with E-state index in [0.29, 0.717) is 37.3 Å². The number of para-hydroxylation sites is 1. The Balaban J connectivity index is 0.000000331. The van der Waals surface area contributed by atoms with Crippen LogP contribution < -0.4 is 9.47 Å². The summed E-state index contributed by atoms with van der Waals surface area (Å²) in [4.78, 5) is 4.79. The molecule has 1 atom stereocenters. The van der Waals surface area contributed by atoms with Gasteiger partial charge in [0, 0.05) is 29.7 Å². The highest BCUT2D eigenvalue weighted by atomic mass is 32.2. The van der Waals surface area contributed by atoms with Crippen molar-refractivity contribution in [1.29, 1.82) is 0 Å². The molecule has 43 heavy (non-hydrogen) atoms. The van der Waals surface area contributed by atoms with Crippen LogP contribution >= 0.6 is 0 Å². The number of aromatic amines is 1. The van der Waals surface area contributed by atoms with Gasteiger partial charge in [-0.05, 0) is 54.2 Å². The molecule has 240 valence electrons. The normalized spacial score (nSPS) is 16.4. The van der Waals surface area contributed by atoms with Crippen LogP contribution in [0.4, 0.5) is 39.5 Å². The number of hydrogen-bond donors (Lipinski definition) is 1. The summed E-state index contributed by atoms with van der Waals surface area (Å²) in [7, 11) is -3.04. The van der Waals surface area contributed by atoms with Gasteiger partial charge in [-0.1, -0.05) is 18.2 Å². The number of nitrogens with one attached hydrogen (secondary N) is 1. The standard InChI is InChI=1S/C23H25F3N2O2.C3H2F6O3S/c1-29-21-11-15-9-10-28(14-23(24,25)26)20(18(15)12-22(21)30-2)8-7-16-13-27-19-6-4-3-5-17(16)19;4-2(5,6)1-12-13(10,11)3(7,8)9/h3-6,11-13,20,27H,7-10,14H2,1-2H3;1H2. The maximum absolute atomic E-state index is 13.3. The van der Waals surface area contributed by atoms with Gasteiger partial charge >= 0.3 is 28.0 Å². The molecule has 0 aliphatic carbocycles. The monoisotopic (exact) mass is 650 g/mol. The number of benzene rings is 2. The van der Waals surface area contributed by atoms with Gasteiger partial charge in [-0.2, -0.15) is 47.9 Å². The van der Waals surface area contributed by atoms with E-state index in [9.17, 15) is 47.9 Å². The summed E-state index contributed by atoms with van der Waals surface area (Å²) >= 11 is 0. The molecule has 0 spiro atoms. The van der Waals surface area contributed by atoms with Crippen LogP contribution in [0.5, 0.6) is 11.5 Å². The number of H-pyrrole nitrogens is 1. The SMILES string of the molecule is COc1cc2c(cc1OC)C(CCc1c[nH]c3ccccc13)N(CC(F)(F)F)CC2.O=S(=O)(OCC(F)(F)F)C(F)(F)F. The Labute approximate surface area is 240 Å². The molecule has 0 amide bonds. The quantitative estimate of drug-likeness (QED) is 0.166. The van der Waals surface area contributed by atoms with E-state index in [1.54, 1.807) is 19.1 Å². The van der Waals surface area contributed by atoms with E-state index in [2.05, 4.69) is 9.17 Å². The lowest BCUT2D eigenvalue weighted by Gasteiger charge is -2.38. The Bertz CT molecular complexity index is 1480. The number of aromatic nitrogens is 1. The molecule has 1 unspecified atom stereocenters. The Kier molecular flexibility index (Phi) is 10.5. The molecule has 0 saturated carbocycles. The minimum absolute atomic E-state index is 0.344. The third-order valence-electron chi connectivity index (χ3n) is 6.52. The third-order valence-corrected chi connectivity index (χ3v) is 7.51. The Morgan fingerprint density at radius 1 is 0.930 bits per heavy atom. The molecule has 0 fully saturated rings. The average Bonchev–Trinajstić information content (AvgIpc) is 3.32. The molecule has 17 heteroatoms. The van der Waals surface area contributed by atoms with Gasteiger partial charge in [-0.25, -0.2) is 0 Å². The summed E-state index contributed by atoms with van der Waals surface area (Å²) < 4.78 is 141. The zero-order valence-electron chi connectivity index (χ0n) is 22.7. The zero-order valence-corrected chi connectivity index (χ0v) is 23.5. The van der Waals surface area contributed by atoms with E-state index < -0.39 is 41.1 Å². The molecule has 2 aromatic carbocycles. The number of fused-ring (bicyclic) bond motifs is 2. The fourth-order valence-electron chi connectivity index (χ4n) is 4.68. The van der Waals surface area contributed by atoms with E-state index in [4.69, 9.17) is 9.47 Å². The molecule has 1 aliphatic heterocycles. The number of hydrogen-bond acceptors (Lipinski definition) is 6. The van der Waals surface area contributed by atoms with Crippen molar-refractivity contribution in [3.63, 3.8) is 0 Å². The summed E-state index contributed by atoms with van der Waals surface area (Å²) in [5, 5.41) is 1.11. The molecule has 1 aromatic heterocycles. The minimum Gasteiger partial charge on any atom is -0.493 e. The number of halogens is 9. The zero-order chi connectivity index (χ0) is 32.2. The van der Waals surface area contributed by atoms with Gasteiger partial charge in [0.1, 0.15) is 0 Å². The molecule has 1 aliphatic rings. The largest absolute Gasteiger partial charge is 0.523 e. The van der Waals surface area contributed by atoms with E-state index in [-0.39, 0.29) is 6.04 Å². The molecular formula is C26H27F9N2O5S. The molecule has 0 saturated heterocycles. The lowest BCUT2D eigenvalue weighted by molar-refractivity contribution is -0.156. The molecule has 0 radical (unpaired) electrons.